The molecule has 1 amide bonds. The van der Waals surface area contributed by atoms with Crippen LogP contribution in [0.3, 0.4) is 0 Å². The highest BCUT2D eigenvalue weighted by Crippen LogP contribution is 2.32. The van der Waals surface area contributed by atoms with Crippen molar-refractivity contribution in [2.75, 3.05) is 20.5 Å². The first-order valence-corrected chi connectivity index (χ1v) is 8.54. The van der Waals surface area contributed by atoms with Crippen LogP contribution in [-0.2, 0) is 25.5 Å². The van der Waals surface area contributed by atoms with E-state index in [-0.39, 0.29) is 18.8 Å². The minimum Gasteiger partial charge on any atom is -0.467 e. The lowest BCUT2D eigenvalue weighted by Crippen LogP contribution is -2.44. The Morgan fingerprint density at radius 3 is 2.57 bits per heavy atom. The summed E-state index contributed by atoms with van der Waals surface area (Å²) in [6, 6.07) is 12.9. The Labute approximate surface area is 161 Å². The van der Waals surface area contributed by atoms with Crippen molar-refractivity contribution >= 4 is 17.8 Å². The third-order valence-electron chi connectivity index (χ3n) is 4.05. The fraction of sp³-hybridized carbons (Fsp3) is 0.250. The van der Waals surface area contributed by atoms with Crippen LogP contribution in [0.25, 0.3) is 0 Å². The fourth-order valence-corrected chi connectivity index (χ4v) is 2.66. The molecule has 0 radical (unpaired) electrons. The molecule has 1 heterocycles. The Bertz CT molecular complexity index is 866. The number of carbonyl (C=O) groups is 3. The molecular formula is C20H19NO7. The third-order valence-corrected chi connectivity index (χ3v) is 4.05. The largest absolute Gasteiger partial charge is 0.467 e. The van der Waals surface area contributed by atoms with Crippen LogP contribution in [0.5, 0.6) is 11.5 Å². The van der Waals surface area contributed by atoms with Crippen molar-refractivity contribution in [3.05, 3.63) is 59.7 Å². The molecule has 1 aliphatic heterocycles. The molecule has 0 unspecified atom stereocenters. The molecule has 0 saturated heterocycles. The zero-order valence-corrected chi connectivity index (χ0v) is 15.2. The van der Waals surface area contributed by atoms with Gasteiger partial charge in [-0.3, -0.25) is 4.79 Å². The van der Waals surface area contributed by atoms with Crippen LogP contribution in [0.4, 0.5) is 0 Å². The summed E-state index contributed by atoms with van der Waals surface area (Å²) in [6.07, 6.45) is 0.259. The van der Waals surface area contributed by atoms with E-state index >= 15 is 0 Å². The van der Waals surface area contributed by atoms with Gasteiger partial charge in [-0.2, -0.15) is 0 Å². The van der Waals surface area contributed by atoms with Gasteiger partial charge in [-0.15, -0.1) is 0 Å². The SMILES string of the molecule is COC(=O)[C@H](Cc1ccccc1)NC(=O)COC(=O)c1ccc2c(c1)OCO2. The molecule has 8 nitrogen and oxygen atoms in total. The first-order valence-electron chi connectivity index (χ1n) is 8.54. The van der Waals surface area contributed by atoms with Crippen LogP contribution < -0.4 is 14.8 Å². The summed E-state index contributed by atoms with van der Waals surface area (Å²) < 4.78 is 20.1. The standard InChI is InChI=1S/C20H19NO7/c1-25-20(24)15(9-13-5-3-2-4-6-13)21-18(22)11-26-19(23)14-7-8-16-17(10-14)28-12-27-16/h2-8,10,15H,9,11-12H2,1H3,(H,21,22)/t15-/m0/s1. The van der Waals surface area contributed by atoms with E-state index in [0.29, 0.717) is 11.5 Å². The quantitative estimate of drug-likeness (QED) is 0.721. The highest BCUT2D eigenvalue weighted by molar-refractivity contribution is 5.92. The van der Waals surface area contributed by atoms with Crippen molar-refractivity contribution < 1.29 is 33.3 Å². The van der Waals surface area contributed by atoms with Gasteiger partial charge in [0, 0.05) is 6.42 Å². The second-order valence-electron chi connectivity index (χ2n) is 5.98. The third kappa shape index (κ3) is 4.79. The van der Waals surface area contributed by atoms with Gasteiger partial charge in [0.1, 0.15) is 6.04 Å². The normalized spacial score (nSPS) is 12.8. The molecular weight excluding hydrogens is 366 g/mol. The van der Waals surface area contributed by atoms with E-state index in [9.17, 15) is 14.4 Å². The van der Waals surface area contributed by atoms with E-state index in [4.69, 9.17) is 18.9 Å². The first-order chi connectivity index (χ1) is 13.6. The number of carbonyl (C=O) groups excluding carboxylic acids is 3. The van der Waals surface area contributed by atoms with Gasteiger partial charge in [-0.25, -0.2) is 9.59 Å². The van der Waals surface area contributed by atoms with Gasteiger partial charge in [0.15, 0.2) is 18.1 Å². The van der Waals surface area contributed by atoms with Gasteiger partial charge in [-0.05, 0) is 23.8 Å². The molecule has 1 N–H and O–H groups in total. The number of hydrogen-bond acceptors (Lipinski definition) is 7. The van der Waals surface area contributed by atoms with E-state index in [0.717, 1.165) is 5.56 Å². The van der Waals surface area contributed by atoms with Gasteiger partial charge in [0.25, 0.3) is 5.91 Å². The minimum absolute atomic E-state index is 0.0899. The highest BCUT2D eigenvalue weighted by Gasteiger charge is 2.23. The molecule has 0 spiro atoms. The summed E-state index contributed by atoms with van der Waals surface area (Å²) in [5.74, 6) is -0.908. The summed E-state index contributed by atoms with van der Waals surface area (Å²) in [6.45, 7) is -0.442. The number of esters is 2. The van der Waals surface area contributed by atoms with Gasteiger partial charge >= 0.3 is 11.9 Å². The molecule has 2 aromatic carbocycles. The van der Waals surface area contributed by atoms with E-state index in [2.05, 4.69) is 5.32 Å². The first kappa shape index (κ1) is 19.2. The number of methoxy groups -OCH3 is 1. The number of rotatable bonds is 7. The average Bonchev–Trinajstić information content (AvgIpc) is 3.19. The highest BCUT2D eigenvalue weighted by atomic mass is 16.7. The van der Waals surface area contributed by atoms with Gasteiger partial charge in [0.05, 0.1) is 12.7 Å². The molecule has 8 heteroatoms. The summed E-state index contributed by atoms with van der Waals surface area (Å²) in [5, 5.41) is 2.53. The predicted octanol–water partition coefficient (Wildman–Crippen LogP) is 1.47. The van der Waals surface area contributed by atoms with E-state index in [1.54, 1.807) is 6.07 Å². The van der Waals surface area contributed by atoms with Gasteiger partial charge < -0.3 is 24.3 Å². The molecule has 1 atom stereocenters. The number of amides is 1. The zero-order chi connectivity index (χ0) is 19.9. The molecule has 28 heavy (non-hydrogen) atoms. The monoisotopic (exact) mass is 385 g/mol. The summed E-state index contributed by atoms with van der Waals surface area (Å²) in [7, 11) is 1.24. The van der Waals surface area contributed by atoms with Crippen molar-refractivity contribution in [3.63, 3.8) is 0 Å². The summed E-state index contributed by atoms with van der Waals surface area (Å²) >= 11 is 0. The van der Waals surface area contributed by atoms with Gasteiger partial charge in [-0.1, -0.05) is 30.3 Å². The number of ether oxygens (including phenoxy) is 4. The molecule has 0 fully saturated rings. The van der Waals surface area contributed by atoms with E-state index in [1.807, 2.05) is 30.3 Å². The van der Waals surface area contributed by atoms with Crippen molar-refractivity contribution in [1.29, 1.82) is 0 Å². The fourth-order valence-electron chi connectivity index (χ4n) is 2.66. The maximum absolute atomic E-state index is 12.1. The maximum atomic E-state index is 12.1. The Morgan fingerprint density at radius 2 is 1.82 bits per heavy atom. The lowest BCUT2D eigenvalue weighted by atomic mass is 10.1. The van der Waals surface area contributed by atoms with E-state index < -0.39 is 30.5 Å². The van der Waals surface area contributed by atoms with Crippen LogP contribution in [0.2, 0.25) is 0 Å². The lowest BCUT2D eigenvalue weighted by Gasteiger charge is -2.16. The smallest absolute Gasteiger partial charge is 0.338 e. The van der Waals surface area contributed by atoms with Crippen LogP contribution in [0, 0.1) is 0 Å². The summed E-state index contributed by atoms with van der Waals surface area (Å²) in [4.78, 5) is 36.2. The molecule has 0 aliphatic carbocycles. The molecule has 0 saturated carbocycles. The van der Waals surface area contributed by atoms with Crippen LogP contribution >= 0.6 is 0 Å². The Balaban J connectivity index is 1.55. The van der Waals surface area contributed by atoms with Crippen LogP contribution in [-0.4, -0.2) is 44.4 Å². The Hall–Kier alpha value is -3.55. The average molecular weight is 385 g/mol. The number of fused-ring (bicyclic) bond motifs is 1. The zero-order valence-electron chi connectivity index (χ0n) is 15.2. The topological polar surface area (TPSA) is 100 Å². The van der Waals surface area contributed by atoms with Crippen LogP contribution in [0.15, 0.2) is 48.5 Å². The number of nitrogens with one attached hydrogen (secondary N) is 1. The Kier molecular flexibility index (Phi) is 6.11. The van der Waals surface area contributed by atoms with Crippen molar-refractivity contribution in [1.82, 2.24) is 5.32 Å². The lowest BCUT2D eigenvalue weighted by molar-refractivity contribution is -0.145. The molecule has 3 rings (SSSR count). The predicted molar refractivity (Wildman–Crippen MR) is 96.9 cm³/mol. The molecule has 2 aromatic rings. The molecule has 0 aromatic heterocycles. The van der Waals surface area contributed by atoms with E-state index in [1.165, 1.54) is 19.2 Å². The molecule has 146 valence electrons. The Morgan fingerprint density at radius 1 is 1.07 bits per heavy atom. The van der Waals surface area contributed by atoms with Gasteiger partial charge in [0.2, 0.25) is 6.79 Å². The van der Waals surface area contributed by atoms with Crippen LogP contribution in [0.1, 0.15) is 15.9 Å². The van der Waals surface area contributed by atoms with Crippen molar-refractivity contribution in [2.24, 2.45) is 0 Å². The minimum atomic E-state index is -0.885. The van der Waals surface area contributed by atoms with Crippen molar-refractivity contribution in [2.45, 2.75) is 12.5 Å². The maximum Gasteiger partial charge on any atom is 0.338 e. The second-order valence-corrected chi connectivity index (χ2v) is 5.98. The molecule has 0 bridgehead atoms. The molecule has 1 aliphatic rings. The number of benzene rings is 2. The second kappa shape index (κ2) is 8.90. The van der Waals surface area contributed by atoms with Crippen molar-refractivity contribution in [3.8, 4) is 11.5 Å². The number of hydrogen-bond donors (Lipinski definition) is 1. The summed E-state index contributed by atoms with van der Waals surface area (Å²) in [5.41, 5.74) is 1.08.